The first-order chi connectivity index (χ1) is 13.7. The van der Waals surface area contributed by atoms with Gasteiger partial charge in [-0.3, -0.25) is 10.1 Å². The van der Waals surface area contributed by atoms with E-state index in [2.05, 4.69) is 34.6 Å². The molecule has 0 spiro atoms. The Bertz CT molecular complexity index is 1090. The second-order valence-corrected chi connectivity index (χ2v) is 7.52. The van der Waals surface area contributed by atoms with Crippen LogP contribution in [0.15, 0.2) is 72.8 Å². The average Bonchev–Trinajstić information content (AvgIpc) is 3.14. The van der Waals surface area contributed by atoms with E-state index in [0.29, 0.717) is 10.7 Å². The maximum Gasteiger partial charge on any atom is 0.257 e. The number of ether oxygens (including phenoxy) is 1. The Morgan fingerprint density at radius 2 is 1.68 bits per heavy atom. The van der Waals surface area contributed by atoms with Crippen LogP contribution in [0.5, 0.6) is 5.75 Å². The van der Waals surface area contributed by atoms with Gasteiger partial charge < -0.3 is 4.74 Å². The predicted molar refractivity (Wildman–Crippen MR) is 114 cm³/mol. The number of hydrogen-bond acceptors (Lipinski definition) is 4. The van der Waals surface area contributed by atoms with Crippen molar-refractivity contribution >= 4 is 32.6 Å². The lowest BCUT2D eigenvalue weighted by Gasteiger charge is -2.05. The lowest BCUT2D eigenvalue weighted by Crippen LogP contribution is -2.11. The third-order valence-electron chi connectivity index (χ3n) is 4.58. The third-order valence-corrected chi connectivity index (χ3v) is 5.51. The number of nitrogens with zero attached hydrogens (tertiary/aromatic N) is 1. The van der Waals surface area contributed by atoms with Crippen molar-refractivity contribution in [2.45, 2.75) is 12.8 Å². The molecule has 0 aliphatic rings. The van der Waals surface area contributed by atoms with Gasteiger partial charge in [0.2, 0.25) is 0 Å². The zero-order chi connectivity index (χ0) is 19.3. The van der Waals surface area contributed by atoms with Gasteiger partial charge in [0, 0.05) is 5.56 Å². The summed E-state index contributed by atoms with van der Waals surface area (Å²) in [6.07, 6.45) is 1.94. The minimum Gasteiger partial charge on any atom is -0.497 e. The summed E-state index contributed by atoms with van der Waals surface area (Å²) in [4.78, 5) is 17.0. The van der Waals surface area contributed by atoms with Crippen LogP contribution in [0, 0.1) is 0 Å². The smallest absolute Gasteiger partial charge is 0.257 e. The van der Waals surface area contributed by atoms with Crippen LogP contribution in [0.25, 0.3) is 10.2 Å². The van der Waals surface area contributed by atoms with Crippen LogP contribution in [0.4, 0.5) is 5.13 Å². The molecule has 0 aliphatic carbocycles. The highest BCUT2D eigenvalue weighted by Crippen LogP contribution is 2.29. The van der Waals surface area contributed by atoms with Crippen molar-refractivity contribution in [3.8, 4) is 5.75 Å². The molecule has 1 aromatic heterocycles. The van der Waals surface area contributed by atoms with Gasteiger partial charge in [-0.2, -0.15) is 0 Å². The summed E-state index contributed by atoms with van der Waals surface area (Å²) >= 11 is 1.44. The Hall–Kier alpha value is -3.18. The molecule has 0 saturated heterocycles. The van der Waals surface area contributed by atoms with Gasteiger partial charge in [-0.05, 0) is 54.3 Å². The molecule has 0 radical (unpaired) electrons. The van der Waals surface area contributed by atoms with Crippen LogP contribution < -0.4 is 10.1 Å². The molecule has 1 N–H and O–H groups in total. The zero-order valence-electron chi connectivity index (χ0n) is 15.5. The molecule has 1 heterocycles. The van der Waals surface area contributed by atoms with Crippen molar-refractivity contribution in [3.05, 3.63) is 89.5 Å². The van der Waals surface area contributed by atoms with Gasteiger partial charge in [0.15, 0.2) is 5.13 Å². The number of aryl methyl sites for hydroxylation is 2. The van der Waals surface area contributed by atoms with E-state index in [1.807, 2.05) is 48.5 Å². The van der Waals surface area contributed by atoms with E-state index in [1.54, 1.807) is 7.11 Å². The van der Waals surface area contributed by atoms with Crippen LogP contribution >= 0.6 is 11.3 Å². The molecule has 0 bridgehead atoms. The number of thiazole rings is 1. The topological polar surface area (TPSA) is 51.2 Å². The van der Waals surface area contributed by atoms with E-state index in [1.165, 1.54) is 22.5 Å². The third kappa shape index (κ3) is 4.21. The maximum atomic E-state index is 12.5. The molecule has 0 atom stereocenters. The number of anilines is 1. The largest absolute Gasteiger partial charge is 0.497 e. The Morgan fingerprint density at radius 1 is 0.964 bits per heavy atom. The van der Waals surface area contributed by atoms with Crippen LogP contribution in [-0.4, -0.2) is 18.0 Å². The Kier molecular flexibility index (Phi) is 5.35. The second kappa shape index (κ2) is 8.23. The number of amides is 1. The molecule has 4 rings (SSSR count). The van der Waals surface area contributed by atoms with Gasteiger partial charge in [-0.25, -0.2) is 4.98 Å². The summed E-state index contributed by atoms with van der Waals surface area (Å²) < 4.78 is 6.21. The van der Waals surface area contributed by atoms with Gasteiger partial charge in [-0.15, -0.1) is 0 Å². The van der Waals surface area contributed by atoms with E-state index < -0.39 is 0 Å². The number of nitrogens with one attached hydrogen (secondary N) is 1. The fourth-order valence-corrected chi connectivity index (χ4v) is 3.90. The van der Waals surface area contributed by atoms with E-state index >= 15 is 0 Å². The summed E-state index contributed by atoms with van der Waals surface area (Å²) in [5.74, 6) is 0.626. The number of carbonyl (C=O) groups excluding carboxylic acids is 1. The first kappa shape index (κ1) is 18.2. The molecular formula is C23H20N2O2S. The molecule has 1 amide bonds. The number of aromatic nitrogens is 1. The van der Waals surface area contributed by atoms with Crippen LogP contribution in [0.2, 0.25) is 0 Å². The highest BCUT2D eigenvalue weighted by Gasteiger charge is 2.10. The molecule has 0 fully saturated rings. The summed E-state index contributed by atoms with van der Waals surface area (Å²) in [6, 6.07) is 23.8. The van der Waals surface area contributed by atoms with Crippen molar-refractivity contribution < 1.29 is 9.53 Å². The molecule has 28 heavy (non-hydrogen) atoms. The first-order valence-electron chi connectivity index (χ1n) is 9.10. The number of rotatable bonds is 6. The number of methoxy groups -OCH3 is 1. The van der Waals surface area contributed by atoms with Crippen LogP contribution in [0.1, 0.15) is 21.5 Å². The molecule has 0 unspecified atom stereocenters. The molecule has 3 aromatic carbocycles. The first-order valence-corrected chi connectivity index (χ1v) is 9.92. The second-order valence-electron chi connectivity index (χ2n) is 6.49. The highest BCUT2D eigenvalue weighted by molar-refractivity contribution is 7.22. The monoisotopic (exact) mass is 388 g/mol. The van der Waals surface area contributed by atoms with Crippen molar-refractivity contribution in [2.24, 2.45) is 0 Å². The predicted octanol–water partition coefficient (Wildman–Crippen LogP) is 5.34. The van der Waals surface area contributed by atoms with E-state index in [9.17, 15) is 4.79 Å². The SMILES string of the molecule is COc1ccc2nc(NC(=O)c3ccc(CCc4ccccc4)cc3)sc2c1. The lowest BCUT2D eigenvalue weighted by molar-refractivity contribution is 0.102. The summed E-state index contributed by atoms with van der Waals surface area (Å²) in [7, 11) is 1.63. The standard InChI is InChI=1S/C23H20N2O2S/c1-27-19-13-14-20-21(15-19)28-23(24-20)25-22(26)18-11-9-17(10-12-18)8-7-16-5-3-2-4-6-16/h2-6,9-15H,7-8H2,1H3,(H,24,25,26). The molecule has 0 saturated carbocycles. The van der Waals surface area contributed by atoms with Gasteiger partial charge in [-0.1, -0.05) is 53.8 Å². The summed E-state index contributed by atoms with van der Waals surface area (Å²) in [6.45, 7) is 0. The van der Waals surface area contributed by atoms with Crippen molar-refractivity contribution in [3.63, 3.8) is 0 Å². The maximum absolute atomic E-state index is 12.5. The summed E-state index contributed by atoms with van der Waals surface area (Å²) in [5, 5.41) is 3.47. The number of benzene rings is 3. The highest BCUT2D eigenvalue weighted by atomic mass is 32.1. The fraction of sp³-hybridized carbons (Fsp3) is 0.130. The minimum absolute atomic E-state index is 0.152. The average molecular weight is 388 g/mol. The molecule has 4 aromatic rings. The molecular weight excluding hydrogens is 368 g/mol. The normalized spacial score (nSPS) is 10.8. The zero-order valence-corrected chi connectivity index (χ0v) is 16.3. The van der Waals surface area contributed by atoms with Gasteiger partial charge in [0.1, 0.15) is 5.75 Å². The number of hydrogen-bond donors (Lipinski definition) is 1. The van der Waals surface area contributed by atoms with Crippen molar-refractivity contribution in [1.29, 1.82) is 0 Å². The van der Waals surface area contributed by atoms with Gasteiger partial charge in [0.05, 0.1) is 17.3 Å². The number of fused-ring (bicyclic) bond motifs is 1. The Balaban J connectivity index is 1.40. The summed E-state index contributed by atoms with van der Waals surface area (Å²) in [5.41, 5.74) is 4.00. The Morgan fingerprint density at radius 3 is 2.39 bits per heavy atom. The minimum atomic E-state index is -0.152. The quantitative estimate of drug-likeness (QED) is 0.485. The van der Waals surface area contributed by atoms with Gasteiger partial charge in [0.25, 0.3) is 5.91 Å². The van der Waals surface area contributed by atoms with E-state index in [4.69, 9.17) is 4.74 Å². The fourth-order valence-electron chi connectivity index (χ4n) is 3.01. The van der Waals surface area contributed by atoms with Crippen LogP contribution in [-0.2, 0) is 12.8 Å². The van der Waals surface area contributed by atoms with Crippen molar-refractivity contribution in [1.82, 2.24) is 4.98 Å². The van der Waals surface area contributed by atoms with Gasteiger partial charge >= 0.3 is 0 Å². The molecule has 5 heteroatoms. The lowest BCUT2D eigenvalue weighted by atomic mass is 10.0. The molecule has 0 aliphatic heterocycles. The molecule has 4 nitrogen and oxygen atoms in total. The number of carbonyl (C=O) groups is 1. The van der Waals surface area contributed by atoms with E-state index in [0.717, 1.165) is 28.8 Å². The van der Waals surface area contributed by atoms with Crippen LogP contribution in [0.3, 0.4) is 0 Å². The van der Waals surface area contributed by atoms with Crippen molar-refractivity contribution in [2.75, 3.05) is 12.4 Å². The van der Waals surface area contributed by atoms with E-state index in [-0.39, 0.29) is 5.91 Å². The molecule has 140 valence electrons. The Labute approximate surface area is 167 Å².